The number of nitrogens with one attached hydrogen (secondary N) is 3. The molecule has 45 heavy (non-hydrogen) atoms. The summed E-state index contributed by atoms with van der Waals surface area (Å²) in [7, 11) is 0. The minimum absolute atomic E-state index is 0.0439. The highest BCUT2D eigenvalue weighted by atomic mass is 32.1. The predicted molar refractivity (Wildman–Crippen MR) is 178 cm³/mol. The van der Waals surface area contributed by atoms with E-state index < -0.39 is 5.54 Å². The number of amides is 3. The molecule has 0 radical (unpaired) electrons. The van der Waals surface area contributed by atoms with E-state index in [1.807, 2.05) is 30.3 Å². The van der Waals surface area contributed by atoms with Gasteiger partial charge in [-0.15, -0.1) is 11.3 Å². The number of benzene rings is 2. The summed E-state index contributed by atoms with van der Waals surface area (Å²) in [6, 6.07) is 20.8. The predicted octanol–water partition coefficient (Wildman–Crippen LogP) is 5.59. The standard InChI is InChI=1S/C36H46N4O4S/c41-33(38-29-14-21-40(20-13-26-15-22-44-23-16-26)30(25-29)27-8-2-1-3-9-27)12-19-37-35(43)36(17-6-7-18-36)39-34(42)32-24-28-10-4-5-11-31(28)45-32/h1-5,8-11,24,26,29-30H,6-7,12-23,25H2,(H,37,43)(H,38,41)(H,39,42)/t29?,30-/m1/s1. The van der Waals surface area contributed by atoms with Crippen molar-refractivity contribution in [3.63, 3.8) is 0 Å². The number of ether oxygens (including phenoxy) is 1. The van der Waals surface area contributed by atoms with Crippen molar-refractivity contribution < 1.29 is 19.1 Å². The summed E-state index contributed by atoms with van der Waals surface area (Å²) in [5, 5.41) is 10.3. The molecule has 2 aromatic carbocycles. The second kappa shape index (κ2) is 14.9. The van der Waals surface area contributed by atoms with E-state index in [-0.39, 0.29) is 42.8 Å². The molecule has 1 saturated carbocycles. The number of likely N-dealkylation sites (tertiary alicyclic amines) is 1. The first-order valence-corrected chi connectivity index (χ1v) is 17.6. The fraction of sp³-hybridized carbons (Fsp3) is 0.528. The van der Waals surface area contributed by atoms with Crippen LogP contribution >= 0.6 is 11.3 Å². The van der Waals surface area contributed by atoms with Crippen LogP contribution in [0.3, 0.4) is 0 Å². The van der Waals surface area contributed by atoms with Crippen LogP contribution in [-0.4, -0.2) is 67.1 Å². The second-order valence-electron chi connectivity index (χ2n) is 13.0. The van der Waals surface area contributed by atoms with E-state index in [1.54, 1.807) is 0 Å². The molecule has 1 aromatic heterocycles. The van der Waals surface area contributed by atoms with E-state index in [2.05, 4.69) is 51.2 Å². The average Bonchev–Trinajstić information content (AvgIpc) is 3.73. The molecule has 2 atom stereocenters. The highest BCUT2D eigenvalue weighted by Crippen LogP contribution is 2.34. The molecule has 9 heteroatoms. The lowest BCUT2D eigenvalue weighted by atomic mass is 9.90. The largest absolute Gasteiger partial charge is 0.381 e. The van der Waals surface area contributed by atoms with Crippen LogP contribution in [0.4, 0.5) is 0 Å². The number of hydrogen-bond acceptors (Lipinski definition) is 6. The maximum atomic E-state index is 13.4. The van der Waals surface area contributed by atoms with Crippen molar-refractivity contribution in [3.8, 4) is 0 Å². The summed E-state index contributed by atoms with van der Waals surface area (Å²) in [5.41, 5.74) is 0.375. The molecule has 1 unspecified atom stereocenters. The lowest BCUT2D eigenvalue weighted by Crippen LogP contribution is -2.57. The quantitative estimate of drug-likeness (QED) is 0.257. The number of fused-ring (bicyclic) bond motifs is 1. The van der Waals surface area contributed by atoms with Gasteiger partial charge in [0.15, 0.2) is 0 Å². The molecule has 3 aromatic rings. The number of carbonyl (C=O) groups excluding carboxylic acids is 3. The van der Waals surface area contributed by atoms with Gasteiger partial charge in [-0.2, -0.15) is 0 Å². The smallest absolute Gasteiger partial charge is 0.262 e. The number of hydrogen-bond donors (Lipinski definition) is 3. The van der Waals surface area contributed by atoms with E-state index in [0.717, 1.165) is 80.8 Å². The third-order valence-electron chi connectivity index (χ3n) is 9.96. The molecule has 2 saturated heterocycles. The number of carbonyl (C=O) groups is 3. The minimum atomic E-state index is -0.926. The monoisotopic (exact) mass is 630 g/mol. The fourth-order valence-electron chi connectivity index (χ4n) is 7.34. The first-order valence-electron chi connectivity index (χ1n) is 16.7. The molecule has 3 aliphatic rings. The van der Waals surface area contributed by atoms with Gasteiger partial charge in [-0.1, -0.05) is 61.4 Å². The Hall–Kier alpha value is -3.27. The number of nitrogens with zero attached hydrogens (tertiary/aromatic N) is 1. The maximum Gasteiger partial charge on any atom is 0.262 e. The number of thiophene rings is 1. The van der Waals surface area contributed by atoms with E-state index in [0.29, 0.717) is 17.7 Å². The van der Waals surface area contributed by atoms with Crippen molar-refractivity contribution in [1.29, 1.82) is 0 Å². The summed E-state index contributed by atoms with van der Waals surface area (Å²) >= 11 is 1.44. The molecule has 2 aliphatic heterocycles. The summed E-state index contributed by atoms with van der Waals surface area (Å²) in [4.78, 5) is 42.9. The van der Waals surface area contributed by atoms with Gasteiger partial charge in [-0.25, -0.2) is 0 Å². The summed E-state index contributed by atoms with van der Waals surface area (Å²) < 4.78 is 6.60. The zero-order valence-corrected chi connectivity index (χ0v) is 26.9. The topological polar surface area (TPSA) is 99.8 Å². The Balaban J connectivity index is 0.993. The molecule has 3 N–H and O–H groups in total. The molecule has 1 aliphatic carbocycles. The van der Waals surface area contributed by atoms with Crippen LogP contribution in [0.25, 0.3) is 10.1 Å². The third kappa shape index (κ3) is 7.94. The van der Waals surface area contributed by atoms with Gasteiger partial charge in [-0.3, -0.25) is 19.3 Å². The minimum Gasteiger partial charge on any atom is -0.381 e. The molecule has 3 amide bonds. The van der Waals surface area contributed by atoms with Crippen molar-refractivity contribution in [1.82, 2.24) is 20.9 Å². The first-order chi connectivity index (χ1) is 22.0. The SMILES string of the molecule is O=C(CCNC(=O)C1(NC(=O)c2cc3ccccc3s2)CCCC1)NC1CCN(CCC2CCOCC2)[C@@H](c2ccccc2)C1. The van der Waals surface area contributed by atoms with Gasteiger partial charge in [0.25, 0.3) is 5.91 Å². The summed E-state index contributed by atoms with van der Waals surface area (Å²) in [6.45, 7) is 4.02. The van der Waals surface area contributed by atoms with Crippen LogP contribution in [0.1, 0.15) is 85.5 Å². The zero-order chi connectivity index (χ0) is 31.1. The lowest BCUT2D eigenvalue weighted by Gasteiger charge is -2.41. The van der Waals surface area contributed by atoms with Crippen LogP contribution in [0, 0.1) is 5.92 Å². The highest BCUT2D eigenvalue weighted by molar-refractivity contribution is 7.20. The van der Waals surface area contributed by atoms with E-state index in [9.17, 15) is 14.4 Å². The average molecular weight is 631 g/mol. The third-order valence-corrected chi connectivity index (χ3v) is 11.1. The Kier molecular flexibility index (Phi) is 10.5. The van der Waals surface area contributed by atoms with Crippen LogP contribution in [-0.2, 0) is 14.3 Å². The molecular weight excluding hydrogens is 584 g/mol. The normalized spacial score (nSPS) is 22.2. The second-order valence-corrected chi connectivity index (χ2v) is 14.1. The van der Waals surface area contributed by atoms with Gasteiger partial charge in [0.05, 0.1) is 4.88 Å². The van der Waals surface area contributed by atoms with Crippen LogP contribution in [0.15, 0.2) is 60.7 Å². The Morgan fingerprint density at radius 2 is 1.71 bits per heavy atom. The van der Waals surface area contributed by atoms with Crippen molar-refractivity contribution in [2.24, 2.45) is 5.92 Å². The zero-order valence-electron chi connectivity index (χ0n) is 26.1. The van der Waals surface area contributed by atoms with Crippen molar-refractivity contribution in [3.05, 3.63) is 71.1 Å². The first kappa shape index (κ1) is 31.7. The Labute approximate surface area is 270 Å². The van der Waals surface area contributed by atoms with Crippen LogP contribution in [0.2, 0.25) is 0 Å². The van der Waals surface area contributed by atoms with Crippen LogP contribution in [0.5, 0.6) is 0 Å². The summed E-state index contributed by atoms with van der Waals surface area (Å²) in [6.07, 6.45) is 8.49. The molecule has 3 fully saturated rings. The van der Waals surface area contributed by atoms with Crippen molar-refractivity contribution >= 4 is 39.1 Å². The van der Waals surface area contributed by atoms with Gasteiger partial charge in [0, 0.05) is 49.5 Å². The van der Waals surface area contributed by atoms with Crippen molar-refractivity contribution in [2.45, 2.75) is 81.8 Å². The van der Waals surface area contributed by atoms with Gasteiger partial charge in [-0.05, 0) is 80.5 Å². The van der Waals surface area contributed by atoms with E-state index in [4.69, 9.17) is 4.74 Å². The molecule has 0 spiro atoms. The lowest BCUT2D eigenvalue weighted by molar-refractivity contribution is -0.127. The van der Waals surface area contributed by atoms with Gasteiger partial charge >= 0.3 is 0 Å². The summed E-state index contributed by atoms with van der Waals surface area (Å²) in [5.74, 6) is 0.287. The van der Waals surface area contributed by atoms with E-state index in [1.165, 1.54) is 23.3 Å². The maximum absolute atomic E-state index is 13.4. The molecular formula is C36H46N4O4S. The van der Waals surface area contributed by atoms with Gasteiger partial charge < -0.3 is 20.7 Å². The van der Waals surface area contributed by atoms with Gasteiger partial charge in [0.1, 0.15) is 5.54 Å². The van der Waals surface area contributed by atoms with E-state index >= 15 is 0 Å². The van der Waals surface area contributed by atoms with Gasteiger partial charge in [0.2, 0.25) is 11.8 Å². The molecule has 6 rings (SSSR count). The highest BCUT2D eigenvalue weighted by Gasteiger charge is 2.42. The fourth-order valence-corrected chi connectivity index (χ4v) is 8.29. The van der Waals surface area contributed by atoms with Crippen LogP contribution < -0.4 is 16.0 Å². The number of rotatable bonds is 11. The Bertz CT molecular complexity index is 1410. The van der Waals surface area contributed by atoms with Crippen molar-refractivity contribution in [2.75, 3.05) is 32.8 Å². The Morgan fingerprint density at radius 1 is 0.956 bits per heavy atom. The number of piperidine rings is 1. The molecule has 240 valence electrons. The molecule has 8 nitrogen and oxygen atoms in total. The molecule has 3 heterocycles. The molecule has 0 bridgehead atoms. The Morgan fingerprint density at radius 3 is 2.49 bits per heavy atom.